The second-order valence-corrected chi connectivity index (χ2v) is 3.84. The molecule has 2 N–H and O–H groups in total. The zero-order valence-corrected chi connectivity index (χ0v) is 9.01. The molecule has 0 aliphatic carbocycles. The van der Waals surface area contributed by atoms with E-state index in [1.807, 2.05) is 0 Å². The highest BCUT2D eigenvalue weighted by Crippen LogP contribution is 2.31. The molecular weight excluding hydrogens is 229 g/mol. The summed E-state index contributed by atoms with van der Waals surface area (Å²) in [6.45, 7) is 4.08. The van der Waals surface area contributed by atoms with Crippen LogP contribution in [0, 0.1) is 17.5 Å². The van der Waals surface area contributed by atoms with E-state index in [1.165, 1.54) is 11.1 Å². The van der Waals surface area contributed by atoms with Crippen LogP contribution >= 0.6 is 0 Å². The largest absolute Gasteiger partial charge is 0.396 e. The summed E-state index contributed by atoms with van der Waals surface area (Å²) in [5.41, 5.74) is 5.05. The monoisotopic (exact) mass is 240 g/mol. The molecule has 1 aromatic rings. The van der Waals surface area contributed by atoms with E-state index < -0.39 is 28.8 Å². The summed E-state index contributed by atoms with van der Waals surface area (Å²) in [6, 6.07) is 0.783. The summed E-state index contributed by atoms with van der Waals surface area (Å²) in [7, 11) is 0. The number of anilines is 2. The van der Waals surface area contributed by atoms with Crippen molar-refractivity contribution in [2.45, 2.75) is 6.42 Å². The van der Waals surface area contributed by atoms with Crippen molar-refractivity contribution in [2.75, 3.05) is 17.2 Å². The average Bonchev–Trinajstić information content (AvgIpc) is 2.29. The minimum atomic E-state index is -1.26. The number of nitrogen functional groups attached to an aromatic ring is 1. The lowest BCUT2D eigenvalue weighted by molar-refractivity contribution is 0.498. The van der Waals surface area contributed by atoms with Gasteiger partial charge >= 0.3 is 0 Å². The molecule has 0 atom stereocenters. The van der Waals surface area contributed by atoms with Crippen LogP contribution in [0.2, 0.25) is 0 Å². The Bertz CT molecular complexity index is 509. The maximum absolute atomic E-state index is 13.6. The van der Waals surface area contributed by atoms with Gasteiger partial charge in [-0.1, -0.05) is 12.2 Å². The predicted octanol–water partition coefficient (Wildman–Crippen LogP) is 2.97. The van der Waals surface area contributed by atoms with Crippen LogP contribution in [0.3, 0.4) is 0 Å². The lowest BCUT2D eigenvalue weighted by Crippen LogP contribution is -2.23. The van der Waals surface area contributed by atoms with Gasteiger partial charge in [-0.2, -0.15) is 0 Å². The summed E-state index contributed by atoms with van der Waals surface area (Å²) < 4.78 is 40.5. The van der Waals surface area contributed by atoms with Crippen molar-refractivity contribution >= 4 is 11.4 Å². The number of nitrogens with zero attached hydrogens (tertiary/aromatic N) is 1. The first kappa shape index (κ1) is 11.6. The molecule has 1 aromatic carbocycles. The molecule has 2 rings (SSSR count). The van der Waals surface area contributed by atoms with Gasteiger partial charge in [0.25, 0.3) is 0 Å². The van der Waals surface area contributed by atoms with E-state index in [0.29, 0.717) is 13.0 Å². The molecule has 1 aliphatic heterocycles. The highest BCUT2D eigenvalue weighted by molar-refractivity contribution is 5.59. The van der Waals surface area contributed by atoms with Crippen molar-refractivity contribution in [1.29, 1.82) is 0 Å². The van der Waals surface area contributed by atoms with Crippen molar-refractivity contribution in [1.82, 2.24) is 0 Å². The Morgan fingerprint density at radius 1 is 1.24 bits per heavy atom. The SMILES string of the molecule is C=C1C=CN(c2c(F)cc(N)c(F)c2F)CC1. The van der Waals surface area contributed by atoms with Gasteiger partial charge in [0.05, 0.1) is 5.69 Å². The van der Waals surface area contributed by atoms with Gasteiger partial charge in [0.2, 0.25) is 0 Å². The molecule has 0 amide bonds. The summed E-state index contributed by atoms with van der Waals surface area (Å²) >= 11 is 0. The maximum Gasteiger partial charge on any atom is 0.187 e. The van der Waals surface area contributed by atoms with Crippen molar-refractivity contribution in [2.24, 2.45) is 0 Å². The van der Waals surface area contributed by atoms with E-state index in [2.05, 4.69) is 6.58 Å². The summed E-state index contributed by atoms with van der Waals surface area (Å²) in [5, 5.41) is 0. The van der Waals surface area contributed by atoms with E-state index >= 15 is 0 Å². The number of hydrogen-bond acceptors (Lipinski definition) is 2. The molecule has 90 valence electrons. The van der Waals surface area contributed by atoms with Gasteiger partial charge < -0.3 is 10.6 Å². The van der Waals surface area contributed by atoms with E-state index in [9.17, 15) is 13.2 Å². The quantitative estimate of drug-likeness (QED) is 0.604. The first-order valence-corrected chi connectivity index (χ1v) is 5.06. The third kappa shape index (κ3) is 2.00. The molecule has 0 radical (unpaired) electrons. The van der Waals surface area contributed by atoms with Crippen molar-refractivity contribution < 1.29 is 13.2 Å². The Kier molecular flexibility index (Phi) is 2.83. The second-order valence-electron chi connectivity index (χ2n) is 3.84. The van der Waals surface area contributed by atoms with Crippen molar-refractivity contribution in [3.63, 3.8) is 0 Å². The molecule has 2 nitrogen and oxygen atoms in total. The number of allylic oxidation sites excluding steroid dienone is 1. The fraction of sp³-hybridized carbons (Fsp3) is 0.167. The molecule has 0 saturated heterocycles. The Hall–Kier alpha value is -1.91. The number of nitrogens with two attached hydrogens (primary N) is 1. The molecule has 1 heterocycles. The van der Waals surface area contributed by atoms with E-state index in [-0.39, 0.29) is 0 Å². The zero-order valence-electron chi connectivity index (χ0n) is 9.01. The molecule has 1 aliphatic rings. The van der Waals surface area contributed by atoms with Gasteiger partial charge in [-0.3, -0.25) is 0 Å². The Balaban J connectivity index is 2.49. The van der Waals surface area contributed by atoms with Crippen LogP contribution in [-0.4, -0.2) is 6.54 Å². The first-order valence-electron chi connectivity index (χ1n) is 5.06. The zero-order chi connectivity index (χ0) is 12.6. The number of hydrogen-bond donors (Lipinski definition) is 1. The molecule has 0 aromatic heterocycles. The first-order chi connectivity index (χ1) is 8.00. The van der Waals surface area contributed by atoms with Gasteiger partial charge in [-0.25, -0.2) is 13.2 Å². The van der Waals surface area contributed by atoms with Crippen LogP contribution in [0.25, 0.3) is 0 Å². The molecule has 0 fully saturated rings. The molecule has 0 bridgehead atoms. The Labute approximate surface area is 96.8 Å². The van der Waals surface area contributed by atoms with E-state index in [1.54, 1.807) is 6.08 Å². The third-order valence-corrected chi connectivity index (χ3v) is 2.61. The van der Waals surface area contributed by atoms with Crippen LogP contribution in [0.5, 0.6) is 0 Å². The molecule has 17 heavy (non-hydrogen) atoms. The Morgan fingerprint density at radius 3 is 2.53 bits per heavy atom. The summed E-state index contributed by atoms with van der Waals surface area (Å²) in [5.74, 6) is -3.36. The third-order valence-electron chi connectivity index (χ3n) is 2.61. The fourth-order valence-corrected chi connectivity index (χ4v) is 1.67. The van der Waals surface area contributed by atoms with Gasteiger partial charge in [0, 0.05) is 18.8 Å². The standard InChI is InChI=1S/C12H11F3N2/c1-7-2-4-17(5-3-7)12-8(13)6-9(16)10(14)11(12)15/h2,4,6H,1,3,5,16H2. The molecule has 0 saturated carbocycles. The van der Waals surface area contributed by atoms with Crippen molar-refractivity contribution in [3.05, 3.63) is 47.9 Å². The van der Waals surface area contributed by atoms with Crippen LogP contribution < -0.4 is 10.6 Å². The molecular formula is C12H11F3N2. The van der Waals surface area contributed by atoms with Crippen LogP contribution in [0.4, 0.5) is 24.5 Å². The van der Waals surface area contributed by atoms with E-state index in [0.717, 1.165) is 11.6 Å². The van der Waals surface area contributed by atoms with Crippen LogP contribution in [0.15, 0.2) is 30.5 Å². The normalized spacial score (nSPS) is 15.5. The lowest BCUT2D eigenvalue weighted by atomic mass is 10.1. The second kappa shape index (κ2) is 4.16. The van der Waals surface area contributed by atoms with Crippen LogP contribution in [-0.2, 0) is 0 Å². The van der Waals surface area contributed by atoms with Gasteiger partial charge in [-0.05, 0) is 12.5 Å². The molecule has 0 spiro atoms. The fourth-order valence-electron chi connectivity index (χ4n) is 1.67. The molecule has 0 unspecified atom stereocenters. The topological polar surface area (TPSA) is 29.3 Å². The minimum absolute atomic E-state index is 0.354. The Morgan fingerprint density at radius 2 is 1.94 bits per heavy atom. The maximum atomic E-state index is 13.6. The van der Waals surface area contributed by atoms with Crippen LogP contribution in [0.1, 0.15) is 6.42 Å². The number of benzene rings is 1. The van der Waals surface area contributed by atoms with Gasteiger partial charge in [0.1, 0.15) is 5.69 Å². The smallest absolute Gasteiger partial charge is 0.187 e. The van der Waals surface area contributed by atoms with Crippen molar-refractivity contribution in [3.8, 4) is 0 Å². The van der Waals surface area contributed by atoms with Gasteiger partial charge in [0.15, 0.2) is 17.5 Å². The number of halogens is 3. The predicted molar refractivity (Wildman–Crippen MR) is 61.0 cm³/mol. The lowest BCUT2D eigenvalue weighted by Gasteiger charge is -2.25. The summed E-state index contributed by atoms with van der Waals surface area (Å²) in [4.78, 5) is 1.31. The molecule has 5 heteroatoms. The average molecular weight is 240 g/mol. The highest BCUT2D eigenvalue weighted by atomic mass is 19.2. The highest BCUT2D eigenvalue weighted by Gasteiger charge is 2.22. The van der Waals surface area contributed by atoms with E-state index in [4.69, 9.17) is 5.73 Å². The minimum Gasteiger partial charge on any atom is -0.396 e. The van der Waals surface area contributed by atoms with Gasteiger partial charge in [-0.15, -0.1) is 0 Å². The number of rotatable bonds is 1. The summed E-state index contributed by atoms with van der Waals surface area (Å²) in [6.07, 6.45) is 3.68.